The maximum atomic E-state index is 5.40. The minimum absolute atomic E-state index is 0.646. The van der Waals surface area contributed by atoms with E-state index in [0.29, 0.717) is 11.5 Å². The third-order valence-corrected chi connectivity index (χ3v) is 4.86. The van der Waals surface area contributed by atoms with E-state index in [-0.39, 0.29) is 0 Å². The molecule has 30 heavy (non-hydrogen) atoms. The molecule has 0 spiro atoms. The molecule has 0 atom stereocenters. The maximum absolute atomic E-state index is 5.40. The third kappa shape index (κ3) is 3.69. The Morgan fingerprint density at radius 2 is 1.50 bits per heavy atom. The quantitative estimate of drug-likeness (QED) is 0.450. The number of nitrogens with one attached hydrogen (secondary N) is 2. The number of aromatic amines is 1. The van der Waals surface area contributed by atoms with E-state index in [9.17, 15) is 0 Å². The van der Waals surface area contributed by atoms with Gasteiger partial charge in [0.05, 0.1) is 34.0 Å². The van der Waals surface area contributed by atoms with E-state index in [1.165, 1.54) is 0 Å². The Kier molecular flexibility index (Phi) is 5.34. The van der Waals surface area contributed by atoms with Gasteiger partial charge in [0.2, 0.25) is 0 Å². The van der Waals surface area contributed by atoms with Crippen LogP contribution < -0.4 is 24.3 Å². The molecule has 0 saturated heterocycles. The molecule has 0 saturated carbocycles. The first-order valence-electron chi connectivity index (χ1n) is 9.35. The molecular formula is C23H23N3O4. The monoisotopic (exact) mass is 405 g/mol. The molecule has 0 amide bonds. The summed E-state index contributed by atoms with van der Waals surface area (Å²) in [5.41, 5.74) is 3.70. The van der Waals surface area contributed by atoms with Crippen LogP contribution in [0.1, 0.15) is 0 Å². The standard InChI is InChI=1S/C23H23N3O4/c1-27-16-9-14(10-17(12-16)28-2)20-13-18-19(26-20)7-8-24-23(18)25-15-5-6-21(29-3)22(11-15)30-4/h5-13,26H,1-4H3,(H,24,25). The van der Waals surface area contributed by atoms with Crippen LogP contribution in [0.4, 0.5) is 11.5 Å². The number of anilines is 2. The number of hydrogen-bond acceptors (Lipinski definition) is 6. The summed E-state index contributed by atoms with van der Waals surface area (Å²) in [5.74, 6) is 3.50. The summed E-state index contributed by atoms with van der Waals surface area (Å²) < 4.78 is 21.5. The van der Waals surface area contributed by atoms with Gasteiger partial charge in [0.15, 0.2) is 11.5 Å². The average Bonchev–Trinajstić information content (AvgIpc) is 3.24. The first kappa shape index (κ1) is 19.4. The summed E-state index contributed by atoms with van der Waals surface area (Å²) in [5, 5.41) is 4.33. The van der Waals surface area contributed by atoms with Gasteiger partial charge in [-0.25, -0.2) is 4.98 Å². The van der Waals surface area contributed by atoms with Crippen LogP contribution in [0.15, 0.2) is 54.7 Å². The van der Waals surface area contributed by atoms with E-state index in [0.717, 1.165) is 45.2 Å². The molecule has 7 heteroatoms. The highest BCUT2D eigenvalue weighted by Crippen LogP contribution is 2.35. The number of methoxy groups -OCH3 is 4. The van der Waals surface area contributed by atoms with Crippen LogP contribution in [0.5, 0.6) is 23.0 Å². The summed E-state index contributed by atoms with van der Waals surface area (Å²) in [6, 6.07) is 15.4. The van der Waals surface area contributed by atoms with Crippen molar-refractivity contribution in [2.45, 2.75) is 0 Å². The highest BCUT2D eigenvalue weighted by molar-refractivity contribution is 5.95. The molecular weight excluding hydrogens is 382 g/mol. The summed E-state index contributed by atoms with van der Waals surface area (Å²) in [4.78, 5) is 7.97. The second-order valence-electron chi connectivity index (χ2n) is 6.60. The van der Waals surface area contributed by atoms with E-state index in [1.807, 2.05) is 42.5 Å². The molecule has 0 bridgehead atoms. The van der Waals surface area contributed by atoms with Gasteiger partial charge in [-0.1, -0.05) is 0 Å². The van der Waals surface area contributed by atoms with Crippen molar-refractivity contribution < 1.29 is 18.9 Å². The molecule has 2 aromatic carbocycles. The van der Waals surface area contributed by atoms with Crippen molar-refractivity contribution in [3.63, 3.8) is 0 Å². The van der Waals surface area contributed by atoms with Crippen LogP contribution >= 0.6 is 0 Å². The highest BCUT2D eigenvalue weighted by Gasteiger charge is 2.12. The first-order valence-corrected chi connectivity index (χ1v) is 9.35. The van der Waals surface area contributed by atoms with Crippen molar-refractivity contribution >= 4 is 22.4 Å². The molecule has 0 unspecified atom stereocenters. The van der Waals surface area contributed by atoms with Crippen molar-refractivity contribution in [2.24, 2.45) is 0 Å². The van der Waals surface area contributed by atoms with Crippen molar-refractivity contribution in [1.29, 1.82) is 0 Å². The molecule has 0 radical (unpaired) electrons. The molecule has 0 aliphatic heterocycles. The van der Waals surface area contributed by atoms with Crippen LogP contribution in [0.2, 0.25) is 0 Å². The molecule has 0 aliphatic carbocycles. The number of ether oxygens (including phenoxy) is 4. The van der Waals surface area contributed by atoms with E-state index < -0.39 is 0 Å². The van der Waals surface area contributed by atoms with Crippen LogP contribution in [0, 0.1) is 0 Å². The molecule has 4 aromatic rings. The number of rotatable bonds is 7. The van der Waals surface area contributed by atoms with Gasteiger partial charge in [0.1, 0.15) is 17.3 Å². The summed E-state index contributed by atoms with van der Waals surface area (Å²) >= 11 is 0. The Hall–Kier alpha value is -3.87. The van der Waals surface area contributed by atoms with Gasteiger partial charge >= 0.3 is 0 Å². The van der Waals surface area contributed by atoms with E-state index in [1.54, 1.807) is 34.6 Å². The van der Waals surface area contributed by atoms with Gasteiger partial charge in [-0.2, -0.15) is 0 Å². The number of aromatic nitrogens is 2. The van der Waals surface area contributed by atoms with E-state index in [4.69, 9.17) is 18.9 Å². The highest BCUT2D eigenvalue weighted by atomic mass is 16.5. The van der Waals surface area contributed by atoms with Crippen molar-refractivity contribution in [3.8, 4) is 34.3 Å². The van der Waals surface area contributed by atoms with Crippen molar-refractivity contribution in [3.05, 3.63) is 54.7 Å². The average molecular weight is 405 g/mol. The normalized spacial score (nSPS) is 10.7. The minimum Gasteiger partial charge on any atom is -0.497 e. The molecule has 0 fully saturated rings. The Balaban J connectivity index is 1.73. The first-order chi connectivity index (χ1) is 14.6. The lowest BCUT2D eigenvalue weighted by molar-refractivity contribution is 0.355. The zero-order chi connectivity index (χ0) is 21.1. The second-order valence-corrected chi connectivity index (χ2v) is 6.60. The number of hydrogen-bond donors (Lipinski definition) is 2. The lowest BCUT2D eigenvalue weighted by Crippen LogP contribution is -1.96. The number of H-pyrrole nitrogens is 1. The molecule has 0 aliphatic rings. The van der Waals surface area contributed by atoms with Gasteiger partial charge < -0.3 is 29.2 Å². The second kappa shape index (κ2) is 8.24. The molecule has 2 aromatic heterocycles. The summed E-state index contributed by atoms with van der Waals surface area (Å²) in [6.45, 7) is 0. The van der Waals surface area contributed by atoms with Gasteiger partial charge in [-0.3, -0.25) is 0 Å². The van der Waals surface area contributed by atoms with Crippen LogP contribution in [-0.4, -0.2) is 38.4 Å². The lowest BCUT2D eigenvalue weighted by atomic mass is 10.1. The van der Waals surface area contributed by atoms with Crippen molar-refractivity contribution in [2.75, 3.05) is 33.8 Å². The zero-order valence-corrected chi connectivity index (χ0v) is 17.3. The minimum atomic E-state index is 0.646. The topological polar surface area (TPSA) is 77.6 Å². The van der Waals surface area contributed by atoms with Gasteiger partial charge in [0.25, 0.3) is 0 Å². The fourth-order valence-corrected chi connectivity index (χ4v) is 3.32. The number of nitrogens with zero attached hydrogens (tertiary/aromatic N) is 1. The van der Waals surface area contributed by atoms with Crippen LogP contribution in [-0.2, 0) is 0 Å². The summed E-state index contributed by atoms with van der Waals surface area (Å²) in [7, 11) is 6.50. The molecule has 2 N–H and O–H groups in total. The predicted octanol–water partition coefficient (Wildman–Crippen LogP) is 5.01. The van der Waals surface area contributed by atoms with Crippen molar-refractivity contribution in [1.82, 2.24) is 9.97 Å². The smallest absolute Gasteiger partial charge is 0.162 e. The summed E-state index contributed by atoms with van der Waals surface area (Å²) in [6.07, 6.45) is 1.76. The molecule has 4 rings (SSSR count). The lowest BCUT2D eigenvalue weighted by Gasteiger charge is -2.11. The van der Waals surface area contributed by atoms with E-state index >= 15 is 0 Å². The fraction of sp³-hybridized carbons (Fsp3) is 0.174. The van der Waals surface area contributed by atoms with Gasteiger partial charge in [-0.05, 0) is 36.4 Å². The number of pyridine rings is 1. The third-order valence-electron chi connectivity index (χ3n) is 4.86. The fourth-order valence-electron chi connectivity index (χ4n) is 3.32. The van der Waals surface area contributed by atoms with Crippen LogP contribution in [0.25, 0.3) is 22.2 Å². The van der Waals surface area contributed by atoms with Gasteiger partial charge in [0, 0.05) is 40.7 Å². The number of fused-ring (bicyclic) bond motifs is 1. The molecule has 154 valence electrons. The molecule has 2 heterocycles. The zero-order valence-electron chi connectivity index (χ0n) is 17.3. The number of benzene rings is 2. The Bertz CT molecular complexity index is 1160. The van der Waals surface area contributed by atoms with Crippen LogP contribution in [0.3, 0.4) is 0 Å². The van der Waals surface area contributed by atoms with Gasteiger partial charge in [-0.15, -0.1) is 0 Å². The SMILES string of the molecule is COc1cc(OC)cc(-c2cc3c(Nc4ccc(OC)c(OC)c4)nccc3[nH]2)c1. The predicted molar refractivity (Wildman–Crippen MR) is 117 cm³/mol. The van der Waals surface area contributed by atoms with E-state index in [2.05, 4.69) is 21.4 Å². The molecule has 7 nitrogen and oxygen atoms in total. The Labute approximate surface area is 174 Å². The Morgan fingerprint density at radius 1 is 0.767 bits per heavy atom. The Morgan fingerprint density at radius 3 is 2.17 bits per heavy atom. The maximum Gasteiger partial charge on any atom is 0.162 e. The largest absolute Gasteiger partial charge is 0.497 e.